The number of carbonyl (C=O) groups excluding carboxylic acids is 1. The first-order valence-corrected chi connectivity index (χ1v) is 11.2. The van der Waals surface area contributed by atoms with E-state index < -0.39 is 0 Å². The number of amides is 1. The van der Waals surface area contributed by atoms with Crippen molar-refractivity contribution >= 4 is 22.6 Å². The van der Waals surface area contributed by atoms with Crippen molar-refractivity contribution in [3.63, 3.8) is 0 Å². The number of carbonyl (C=O) groups is 1. The Morgan fingerprint density at radius 3 is 2.57 bits per heavy atom. The Balaban J connectivity index is 1.42. The van der Waals surface area contributed by atoms with Crippen LogP contribution in [-0.2, 0) is 13.1 Å². The molecule has 0 aliphatic rings. The first-order valence-electron chi connectivity index (χ1n) is 11.2. The Kier molecular flexibility index (Phi) is 6.22. The second-order valence-corrected chi connectivity index (χ2v) is 8.24. The monoisotopic (exact) mass is 466 g/mol. The van der Waals surface area contributed by atoms with Crippen molar-refractivity contribution in [2.75, 3.05) is 12.4 Å². The summed E-state index contributed by atoms with van der Waals surface area (Å²) in [6.45, 7) is 0.744. The van der Waals surface area contributed by atoms with Gasteiger partial charge < -0.3 is 14.6 Å². The zero-order valence-corrected chi connectivity index (χ0v) is 19.1. The molecule has 0 spiro atoms. The Labute approximate surface area is 202 Å². The van der Waals surface area contributed by atoms with Crippen LogP contribution >= 0.6 is 0 Å². The smallest absolute Gasteiger partial charge is 0.289 e. The van der Waals surface area contributed by atoms with Crippen LogP contribution in [0.3, 0.4) is 0 Å². The molecule has 5 rings (SSSR count). The minimum atomic E-state index is -0.373. The van der Waals surface area contributed by atoms with Gasteiger partial charge in [-0.25, -0.2) is 14.4 Å². The number of rotatable bonds is 7. The summed E-state index contributed by atoms with van der Waals surface area (Å²) >= 11 is 0. The molecule has 1 N–H and O–H groups in total. The van der Waals surface area contributed by atoms with Gasteiger partial charge in [0.25, 0.3) is 5.91 Å². The molecular formula is C28H23FN4O2. The van der Waals surface area contributed by atoms with E-state index in [1.54, 1.807) is 31.3 Å². The molecule has 7 heteroatoms. The molecule has 1 amide bonds. The Bertz CT molecular complexity index is 1470. The number of nitrogens with zero attached hydrogens (tertiary/aromatic N) is 3. The van der Waals surface area contributed by atoms with E-state index in [0.29, 0.717) is 12.1 Å². The minimum Gasteiger partial charge on any atom is -0.459 e. The number of benzene rings is 3. The zero-order chi connectivity index (χ0) is 24.2. The first-order chi connectivity index (χ1) is 17.1. The van der Waals surface area contributed by atoms with E-state index in [1.165, 1.54) is 23.6 Å². The first kappa shape index (κ1) is 22.3. The molecule has 2 heterocycles. The fourth-order valence-corrected chi connectivity index (χ4v) is 3.95. The molecule has 3 aromatic carbocycles. The van der Waals surface area contributed by atoms with Gasteiger partial charge in [0.2, 0.25) is 0 Å². The molecule has 174 valence electrons. The summed E-state index contributed by atoms with van der Waals surface area (Å²) in [6, 6.07) is 24.1. The molecule has 2 aromatic heterocycles. The van der Waals surface area contributed by atoms with Crippen LogP contribution in [0.1, 0.15) is 21.7 Å². The van der Waals surface area contributed by atoms with Gasteiger partial charge in [-0.15, -0.1) is 0 Å². The van der Waals surface area contributed by atoms with E-state index in [1.807, 2.05) is 36.4 Å². The van der Waals surface area contributed by atoms with Gasteiger partial charge in [0.15, 0.2) is 5.76 Å². The van der Waals surface area contributed by atoms with Crippen molar-refractivity contribution in [1.29, 1.82) is 0 Å². The van der Waals surface area contributed by atoms with Crippen LogP contribution < -0.4 is 5.32 Å². The maximum Gasteiger partial charge on any atom is 0.289 e. The summed E-state index contributed by atoms with van der Waals surface area (Å²) in [4.78, 5) is 22.8. The second kappa shape index (κ2) is 9.77. The number of furan rings is 1. The van der Waals surface area contributed by atoms with E-state index >= 15 is 0 Å². The summed E-state index contributed by atoms with van der Waals surface area (Å²) in [5, 5.41) is 4.26. The topological polar surface area (TPSA) is 71.3 Å². The highest BCUT2D eigenvalue weighted by molar-refractivity contribution is 5.93. The molecule has 0 unspecified atom stereocenters. The molecule has 35 heavy (non-hydrogen) atoms. The molecule has 0 saturated carbocycles. The number of halogens is 1. The Hall–Kier alpha value is -4.52. The van der Waals surface area contributed by atoms with Crippen molar-refractivity contribution in [3.05, 3.63) is 114 Å². The fraction of sp³-hybridized carbons (Fsp3) is 0.107. The molecule has 6 nitrogen and oxygen atoms in total. The predicted molar refractivity (Wildman–Crippen MR) is 133 cm³/mol. The normalized spacial score (nSPS) is 10.9. The largest absolute Gasteiger partial charge is 0.459 e. The number of hydrogen-bond acceptors (Lipinski definition) is 5. The number of hydrogen-bond donors (Lipinski definition) is 1. The van der Waals surface area contributed by atoms with Gasteiger partial charge in [-0.2, -0.15) is 0 Å². The van der Waals surface area contributed by atoms with Crippen molar-refractivity contribution in [1.82, 2.24) is 14.9 Å². The van der Waals surface area contributed by atoms with E-state index in [-0.39, 0.29) is 24.0 Å². The Morgan fingerprint density at radius 2 is 1.77 bits per heavy atom. The summed E-state index contributed by atoms with van der Waals surface area (Å²) in [5.74, 6) is 0.264. The minimum absolute atomic E-state index is 0.111. The van der Waals surface area contributed by atoms with Crippen molar-refractivity contribution in [2.24, 2.45) is 0 Å². The standard InChI is InChI=1S/C28H23FN4O2/c1-33(28(34)26-8-5-13-35-26)17-22-14-20(9-11-24(22)29)21-10-12-25-23(15-21)27(32-18-31-25)30-16-19-6-3-2-4-7-19/h2-15,18H,16-17H2,1H3,(H,30,31,32). The van der Waals surface area contributed by atoms with Gasteiger partial charge in [0.05, 0.1) is 11.8 Å². The molecule has 5 aromatic rings. The lowest BCUT2D eigenvalue weighted by atomic mass is 10.0. The van der Waals surface area contributed by atoms with Crippen molar-refractivity contribution < 1.29 is 13.6 Å². The summed E-state index contributed by atoms with van der Waals surface area (Å²) in [7, 11) is 1.62. The number of fused-ring (bicyclic) bond motifs is 1. The quantitative estimate of drug-likeness (QED) is 0.323. The maximum atomic E-state index is 14.6. The highest BCUT2D eigenvalue weighted by Gasteiger charge is 2.17. The third-order valence-electron chi connectivity index (χ3n) is 5.80. The van der Waals surface area contributed by atoms with Crippen molar-refractivity contribution in [3.8, 4) is 11.1 Å². The third kappa shape index (κ3) is 4.89. The van der Waals surface area contributed by atoms with Gasteiger partial charge in [0.1, 0.15) is 18.0 Å². The van der Waals surface area contributed by atoms with E-state index in [0.717, 1.165) is 33.4 Å². The second-order valence-electron chi connectivity index (χ2n) is 8.24. The van der Waals surface area contributed by atoms with Gasteiger partial charge in [-0.3, -0.25) is 4.79 Å². The third-order valence-corrected chi connectivity index (χ3v) is 5.80. The lowest BCUT2D eigenvalue weighted by Crippen LogP contribution is -2.26. The van der Waals surface area contributed by atoms with Crippen LogP contribution in [-0.4, -0.2) is 27.8 Å². The lowest BCUT2D eigenvalue weighted by molar-refractivity contribution is 0.0752. The number of nitrogens with one attached hydrogen (secondary N) is 1. The highest BCUT2D eigenvalue weighted by Crippen LogP contribution is 2.29. The Morgan fingerprint density at radius 1 is 0.971 bits per heavy atom. The van der Waals surface area contributed by atoms with Crippen LogP contribution in [0.4, 0.5) is 10.2 Å². The zero-order valence-electron chi connectivity index (χ0n) is 19.1. The van der Waals surface area contributed by atoms with Gasteiger partial charge in [-0.1, -0.05) is 42.5 Å². The van der Waals surface area contributed by atoms with E-state index in [9.17, 15) is 9.18 Å². The summed E-state index contributed by atoms with van der Waals surface area (Å²) in [5.41, 5.74) is 4.10. The summed E-state index contributed by atoms with van der Waals surface area (Å²) in [6.07, 6.45) is 2.98. The molecule has 0 aliphatic heterocycles. The van der Waals surface area contributed by atoms with Crippen LogP contribution in [0.2, 0.25) is 0 Å². The number of anilines is 1. The van der Waals surface area contributed by atoms with Crippen LogP contribution in [0.5, 0.6) is 0 Å². The lowest BCUT2D eigenvalue weighted by Gasteiger charge is -2.17. The maximum absolute atomic E-state index is 14.6. The van der Waals surface area contributed by atoms with Crippen LogP contribution in [0.25, 0.3) is 22.0 Å². The van der Waals surface area contributed by atoms with E-state index in [4.69, 9.17) is 4.42 Å². The number of aromatic nitrogens is 2. The molecule has 0 saturated heterocycles. The molecule has 0 atom stereocenters. The average Bonchev–Trinajstić information content (AvgIpc) is 3.43. The molecule has 0 fully saturated rings. The average molecular weight is 467 g/mol. The summed E-state index contributed by atoms with van der Waals surface area (Å²) < 4.78 is 19.8. The van der Waals surface area contributed by atoms with Crippen LogP contribution in [0, 0.1) is 5.82 Å². The predicted octanol–water partition coefficient (Wildman–Crippen LogP) is 5.91. The van der Waals surface area contributed by atoms with Gasteiger partial charge in [0, 0.05) is 31.1 Å². The van der Waals surface area contributed by atoms with Gasteiger partial charge in [-0.05, 0) is 53.1 Å². The molecular weight excluding hydrogens is 443 g/mol. The highest BCUT2D eigenvalue weighted by atomic mass is 19.1. The van der Waals surface area contributed by atoms with Gasteiger partial charge >= 0.3 is 0 Å². The molecule has 0 bridgehead atoms. The van der Waals surface area contributed by atoms with Crippen molar-refractivity contribution in [2.45, 2.75) is 13.1 Å². The molecule has 0 aliphatic carbocycles. The molecule has 0 radical (unpaired) electrons. The fourth-order valence-electron chi connectivity index (χ4n) is 3.95. The van der Waals surface area contributed by atoms with Crippen LogP contribution in [0.15, 0.2) is 95.9 Å². The van der Waals surface area contributed by atoms with E-state index in [2.05, 4.69) is 27.4 Å². The SMILES string of the molecule is CN(Cc1cc(-c2ccc3ncnc(NCc4ccccc4)c3c2)ccc1F)C(=O)c1ccco1.